The molecule has 210 valence electrons. The highest BCUT2D eigenvalue weighted by Gasteiger charge is 2.17. The number of carbonyl (C=O) groups is 2. The monoisotopic (exact) mass is 552 g/mol. The molecule has 0 saturated heterocycles. The number of hydrogen-bond donors (Lipinski definition) is 3. The second-order valence-corrected chi connectivity index (χ2v) is 9.18. The number of methoxy groups -OCH3 is 3. The predicted molar refractivity (Wildman–Crippen MR) is 160 cm³/mol. The fourth-order valence-corrected chi connectivity index (χ4v) is 4.18. The first kappa shape index (κ1) is 28.7. The Kier molecular flexibility index (Phi) is 9.21. The fourth-order valence-electron chi connectivity index (χ4n) is 4.18. The molecule has 0 radical (unpaired) electrons. The number of anilines is 1. The largest absolute Gasteiger partial charge is 0.493 e. The maximum absolute atomic E-state index is 13.0. The van der Waals surface area contributed by atoms with Crippen molar-refractivity contribution >= 4 is 29.1 Å². The van der Waals surface area contributed by atoms with E-state index in [9.17, 15) is 9.59 Å². The Morgan fingerprint density at radius 1 is 0.756 bits per heavy atom. The van der Waals surface area contributed by atoms with Crippen LogP contribution in [-0.2, 0) is 6.42 Å². The van der Waals surface area contributed by atoms with E-state index in [0.29, 0.717) is 34.2 Å². The van der Waals surface area contributed by atoms with Crippen molar-refractivity contribution in [2.45, 2.75) is 13.3 Å². The lowest BCUT2D eigenvalue weighted by atomic mass is 10.0. The van der Waals surface area contributed by atoms with E-state index in [2.05, 4.69) is 27.8 Å². The number of guanidine groups is 1. The van der Waals surface area contributed by atoms with E-state index >= 15 is 0 Å². The zero-order valence-corrected chi connectivity index (χ0v) is 23.4. The number of aryl methyl sites for hydroxylation is 1. The van der Waals surface area contributed by atoms with Gasteiger partial charge in [-0.15, -0.1) is 0 Å². The molecule has 0 spiro atoms. The summed E-state index contributed by atoms with van der Waals surface area (Å²) in [6, 6.07) is 25.9. The minimum atomic E-state index is -0.512. The number of nitrogens with two attached hydrogens (primary N) is 1. The highest BCUT2D eigenvalue weighted by atomic mass is 16.5. The number of carbonyl (C=O) groups excluding carboxylic acids is 2. The summed E-state index contributed by atoms with van der Waals surface area (Å²) in [6.07, 6.45) is 0.791. The molecule has 0 unspecified atom stereocenters. The van der Waals surface area contributed by atoms with Gasteiger partial charge in [0.2, 0.25) is 11.7 Å². The van der Waals surface area contributed by atoms with E-state index < -0.39 is 5.91 Å². The predicted octanol–water partition coefficient (Wildman–Crippen LogP) is 5.24. The summed E-state index contributed by atoms with van der Waals surface area (Å²) in [7, 11) is 4.40. The Morgan fingerprint density at radius 2 is 1.39 bits per heavy atom. The van der Waals surface area contributed by atoms with E-state index in [1.54, 1.807) is 12.1 Å². The quantitative estimate of drug-likeness (QED) is 0.193. The van der Waals surface area contributed by atoms with E-state index in [1.807, 2.05) is 55.5 Å². The SMILES string of the molecule is COc1cc(C(=O)NC(N)=Nc2ccc(C)c(NC(=O)c3ccc(Cc4ccccc4)cc3)c2)cc(OC)c1OC. The summed E-state index contributed by atoms with van der Waals surface area (Å²) in [5.41, 5.74) is 11.0. The molecular formula is C32H32N4O5. The van der Waals surface area contributed by atoms with Gasteiger partial charge in [0.1, 0.15) is 0 Å². The van der Waals surface area contributed by atoms with E-state index in [4.69, 9.17) is 19.9 Å². The molecule has 0 aliphatic carbocycles. The lowest BCUT2D eigenvalue weighted by Crippen LogP contribution is -2.36. The van der Waals surface area contributed by atoms with Crippen LogP contribution >= 0.6 is 0 Å². The van der Waals surface area contributed by atoms with Crippen LogP contribution in [-0.4, -0.2) is 39.1 Å². The number of ether oxygens (including phenoxy) is 3. The maximum atomic E-state index is 13.0. The molecule has 0 aliphatic heterocycles. The molecule has 0 aliphatic rings. The minimum Gasteiger partial charge on any atom is -0.493 e. The second-order valence-electron chi connectivity index (χ2n) is 9.18. The smallest absolute Gasteiger partial charge is 0.258 e. The van der Waals surface area contributed by atoms with Crippen molar-refractivity contribution in [2.24, 2.45) is 10.7 Å². The van der Waals surface area contributed by atoms with Gasteiger partial charge in [-0.3, -0.25) is 14.9 Å². The normalized spacial score (nSPS) is 11.0. The van der Waals surface area contributed by atoms with E-state index in [1.165, 1.54) is 39.0 Å². The third kappa shape index (κ3) is 7.21. The van der Waals surface area contributed by atoms with Gasteiger partial charge in [-0.2, -0.15) is 0 Å². The van der Waals surface area contributed by atoms with Gasteiger partial charge in [-0.25, -0.2) is 4.99 Å². The van der Waals surface area contributed by atoms with Gasteiger partial charge in [0.05, 0.1) is 27.0 Å². The third-order valence-corrected chi connectivity index (χ3v) is 6.35. The molecule has 9 nitrogen and oxygen atoms in total. The molecule has 0 heterocycles. The molecule has 9 heteroatoms. The Morgan fingerprint density at radius 3 is 2.00 bits per heavy atom. The van der Waals surface area contributed by atoms with Crippen molar-refractivity contribution in [3.05, 3.63) is 113 Å². The molecule has 4 aromatic carbocycles. The van der Waals surface area contributed by atoms with Crippen LogP contribution in [0.25, 0.3) is 0 Å². The Labute approximate surface area is 239 Å². The second kappa shape index (κ2) is 13.2. The molecule has 4 aromatic rings. The summed E-state index contributed by atoms with van der Waals surface area (Å²) >= 11 is 0. The van der Waals surface area contributed by atoms with Gasteiger partial charge in [0.15, 0.2) is 11.5 Å². The lowest BCUT2D eigenvalue weighted by Gasteiger charge is -2.14. The molecule has 2 amide bonds. The van der Waals surface area contributed by atoms with E-state index in [0.717, 1.165) is 17.5 Å². The van der Waals surface area contributed by atoms with Crippen LogP contribution in [0.2, 0.25) is 0 Å². The average Bonchev–Trinajstić information content (AvgIpc) is 2.98. The highest BCUT2D eigenvalue weighted by Crippen LogP contribution is 2.38. The summed E-state index contributed by atoms with van der Waals surface area (Å²) < 4.78 is 15.9. The summed E-state index contributed by atoms with van der Waals surface area (Å²) in [5, 5.41) is 5.49. The number of aliphatic imine (C=N–C) groups is 1. The first-order valence-corrected chi connectivity index (χ1v) is 12.8. The molecule has 4 rings (SSSR count). The molecule has 0 bridgehead atoms. The topological polar surface area (TPSA) is 124 Å². The standard InChI is InChI=1S/C32H32N4O5/c1-20-10-15-25(34-32(33)36-31(38)24-17-27(39-2)29(41-4)28(18-24)40-3)19-26(20)35-30(37)23-13-11-22(12-14-23)16-21-8-6-5-7-9-21/h5-15,17-19H,16H2,1-4H3,(H,35,37)(H3,33,34,36,38). The lowest BCUT2D eigenvalue weighted by molar-refractivity contribution is 0.0974. The number of benzene rings is 4. The van der Waals surface area contributed by atoms with Gasteiger partial charge >= 0.3 is 0 Å². The third-order valence-electron chi connectivity index (χ3n) is 6.35. The van der Waals surface area contributed by atoms with Crippen LogP contribution in [0.1, 0.15) is 37.4 Å². The van der Waals surface area contributed by atoms with Crippen LogP contribution in [0.5, 0.6) is 17.2 Å². The van der Waals surface area contributed by atoms with Crippen molar-refractivity contribution in [3.63, 3.8) is 0 Å². The zero-order chi connectivity index (χ0) is 29.4. The Bertz CT molecular complexity index is 1540. The molecule has 0 saturated carbocycles. The number of nitrogens with zero attached hydrogens (tertiary/aromatic N) is 1. The molecule has 0 fully saturated rings. The molecular weight excluding hydrogens is 520 g/mol. The van der Waals surface area contributed by atoms with Gasteiger partial charge in [-0.05, 0) is 66.4 Å². The van der Waals surface area contributed by atoms with Crippen molar-refractivity contribution in [1.29, 1.82) is 0 Å². The molecule has 4 N–H and O–H groups in total. The summed E-state index contributed by atoms with van der Waals surface area (Å²) in [4.78, 5) is 30.1. The minimum absolute atomic E-state index is 0.126. The van der Waals surface area contributed by atoms with Gasteiger partial charge < -0.3 is 25.3 Å². The number of rotatable bonds is 9. The number of hydrogen-bond acceptors (Lipinski definition) is 6. The highest BCUT2D eigenvalue weighted by molar-refractivity contribution is 6.07. The molecule has 0 atom stereocenters. The Hall–Kier alpha value is -5.31. The summed E-state index contributed by atoms with van der Waals surface area (Å²) in [6.45, 7) is 1.88. The van der Waals surface area contributed by atoms with Crippen LogP contribution in [0.3, 0.4) is 0 Å². The van der Waals surface area contributed by atoms with Gasteiger partial charge in [0.25, 0.3) is 11.8 Å². The van der Waals surface area contributed by atoms with Crippen molar-refractivity contribution in [2.75, 3.05) is 26.6 Å². The van der Waals surface area contributed by atoms with Crippen LogP contribution in [0.15, 0.2) is 89.9 Å². The fraction of sp³-hybridized carbons (Fsp3) is 0.156. The van der Waals surface area contributed by atoms with Crippen LogP contribution in [0, 0.1) is 6.92 Å². The Balaban J connectivity index is 1.45. The van der Waals surface area contributed by atoms with Crippen molar-refractivity contribution < 1.29 is 23.8 Å². The van der Waals surface area contributed by atoms with Crippen molar-refractivity contribution in [3.8, 4) is 17.2 Å². The maximum Gasteiger partial charge on any atom is 0.258 e. The number of amides is 2. The van der Waals surface area contributed by atoms with E-state index in [-0.39, 0.29) is 17.4 Å². The average molecular weight is 553 g/mol. The number of nitrogens with one attached hydrogen (secondary N) is 2. The van der Waals surface area contributed by atoms with Crippen LogP contribution in [0.4, 0.5) is 11.4 Å². The van der Waals surface area contributed by atoms with Gasteiger partial charge in [-0.1, -0.05) is 48.5 Å². The molecule has 0 aromatic heterocycles. The zero-order valence-electron chi connectivity index (χ0n) is 23.4. The summed E-state index contributed by atoms with van der Waals surface area (Å²) in [5.74, 6) is 0.143. The first-order chi connectivity index (χ1) is 19.8. The van der Waals surface area contributed by atoms with Crippen LogP contribution < -0.4 is 30.6 Å². The molecule has 41 heavy (non-hydrogen) atoms. The van der Waals surface area contributed by atoms with Crippen molar-refractivity contribution in [1.82, 2.24) is 5.32 Å². The first-order valence-electron chi connectivity index (χ1n) is 12.8. The van der Waals surface area contributed by atoms with Gasteiger partial charge in [0, 0.05) is 16.8 Å².